The van der Waals surface area contributed by atoms with E-state index >= 15 is 0 Å². The Hall–Kier alpha value is -2.44. The van der Waals surface area contributed by atoms with E-state index < -0.39 is 0 Å². The molecule has 2 aromatic rings. The molecule has 0 radical (unpaired) electrons. The van der Waals surface area contributed by atoms with E-state index in [1.165, 1.54) is 11.6 Å². The largest absolute Gasteiger partial charge is 0.371 e. The number of pyridine rings is 1. The van der Waals surface area contributed by atoms with E-state index in [4.69, 9.17) is 4.74 Å². The number of ether oxygens (including phenoxy) is 1. The molecular weight excluding hydrogens is 342 g/mol. The Kier molecular flexibility index (Phi) is 5.09. The molecule has 0 unspecified atom stereocenters. The molecule has 0 spiro atoms. The van der Waals surface area contributed by atoms with E-state index in [1.807, 2.05) is 25.1 Å². The van der Waals surface area contributed by atoms with Crippen molar-refractivity contribution in [2.75, 3.05) is 19.7 Å². The topological polar surface area (TPSA) is 63.6 Å². The highest BCUT2D eigenvalue weighted by Crippen LogP contribution is 2.30. The summed E-state index contributed by atoms with van der Waals surface area (Å²) in [6, 6.07) is 13.8. The van der Waals surface area contributed by atoms with E-state index in [0.29, 0.717) is 24.8 Å². The minimum Gasteiger partial charge on any atom is -0.371 e. The molecule has 2 aliphatic rings. The SMILES string of the molecule is CCn1ccc(C(=O)N[C@@H]2C[C@H]3CO[C@@H](c4ccccc4)CN3C2)cc1=O. The van der Waals surface area contributed by atoms with Crippen molar-refractivity contribution in [1.29, 1.82) is 0 Å². The molecule has 1 aromatic heterocycles. The molecule has 4 rings (SSSR count). The van der Waals surface area contributed by atoms with Crippen molar-refractivity contribution >= 4 is 5.91 Å². The third-order valence-corrected chi connectivity index (χ3v) is 5.52. The minimum atomic E-state index is -0.180. The predicted molar refractivity (Wildman–Crippen MR) is 103 cm³/mol. The van der Waals surface area contributed by atoms with Crippen LogP contribution in [0.15, 0.2) is 53.5 Å². The van der Waals surface area contributed by atoms with Gasteiger partial charge in [-0.25, -0.2) is 0 Å². The molecule has 1 aromatic carbocycles. The Morgan fingerprint density at radius 1 is 1.22 bits per heavy atom. The van der Waals surface area contributed by atoms with Crippen LogP contribution < -0.4 is 10.9 Å². The first-order valence-corrected chi connectivity index (χ1v) is 9.56. The van der Waals surface area contributed by atoms with Gasteiger partial charge in [0.15, 0.2) is 0 Å². The number of aromatic nitrogens is 1. The average molecular weight is 367 g/mol. The summed E-state index contributed by atoms with van der Waals surface area (Å²) in [7, 11) is 0. The number of rotatable bonds is 4. The Labute approximate surface area is 158 Å². The van der Waals surface area contributed by atoms with Gasteiger partial charge in [-0.3, -0.25) is 14.5 Å². The first-order chi connectivity index (χ1) is 13.1. The highest BCUT2D eigenvalue weighted by Gasteiger charge is 2.38. The van der Waals surface area contributed by atoms with Crippen LogP contribution in [0.4, 0.5) is 0 Å². The van der Waals surface area contributed by atoms with Gasteiger partial charge in [-0.05, 0) is 25.0 Å². The number of carbonyl (C=O) groups is 1. The van der Waals surface area contributed by atoms with Gasteiger partial charge in [-0.2, -0.15) is 0 Å². The van der Waals surface area contributed by atoms with Crippen LogP contribution in [0.5, 0.6) is 0 Å². The van der Waals surface area contributed by atoms with Gasteiger partial charge >= 0.3 is 0 Å². The number of hydrogen-bond acceptors (Lipinski definition) is 4. The van der Waals surface area contributed by atoms with Crippen LogP contribution in [0.2, 0.25) is 0 Å². The fourth-order valence-electron chi connectivity index (χ4n) is 4.03. The van der Waals surface area contributed by atoms with Crippen LogP contribution in [0.25, 0.3) is 0 Å². The number of hydrogen-bond donors (Lipinski definition) is 1. The van der Waals surface area contributed by atoms with Crippen LogP contribution in [0.3, 0.4) is 0 Å². The van der Waals surface area contributed by atoms with Crippen LogP contribution >= 0.6 is 0 Å². The van der Waals surface area contributed by atoms with Crippen molar-refractivity contribution in [3.63, 3.8) is 0 Å². The first kappa shape index (κ1) is 17.9. The lowest BCUT2D eigenvalue weighted by atomic mass is 10.1. The summed E-state index contributed by atoms with van der Waals surface area (Å²) in [6.45, 7) is 4.84. The number of nitrogens with zero attached hydrogens (tertiary/aromatic N) is 2. The van der Waals surface area contributed by atoms with E-state index in [0.717, 1.165) is 19.5 Å². The fourth-order valence-corrected chi connectivity index (χ4v) is 4.03. The number of aryl methyl sites for hydroxylation is 1. The first-order valence-electron chi connectivity index (χ1n) is 9.56. The minimum absolute atomic E-state index is 0.0780. The number of nitrogens with one attached hydrogen (secondary N) is 1. The molecule has 1 amide bonds. The Balaban J connectivity index is 1.38. The Bertz CT molecular complexity index is 864. The molecule has 27 heavy (non-hydrogen) atoms. The van der Waals surface area contributed by atoms with Crippen LogP contribution in [0.1, 0.15) is 35.4 Å². The standard InChI is InChI=1S/C21H25N3O3/c1-2-23-9-8-16(10-20(23)25)21(26)22-17-11-18-14-27-19(13-24(18)12-17)15-6-4-3-5-7-15/h3-10,17-19H,2,11-14H2,1H3,(H,22,26)/t17-,18+,19-/m1/s1. The van der Waals surface area contributed by atoms with Gasteiger partial charge in [-0.1, -0.05) is 30.3 Å². The second-order valence-electron chi connectivity index (χ2n) is 7.29. The van der Waals surface area contributed by atoms with Gasteiger partial charge in [0.1, 0.15) is 0 Å². The highest BCUT2D eigenvalue weighted by atomic mass is 16.5. The molecule has 0 saturated carbocycles. The highest BCUT2D eigenvalue weighted by molar-refractivity contribution is 5.94. The molecule has 2 fully saturated rings. The van der Waals surface area contributed by atoms with Crippen LogP contribution in [-0.4, -0.2) is 47.2 Å². The number of benzene rings is 1. The summed E-state index contributed by atoms with van der Waals surface area (Å²) in [5.74, 6) is -0.180. The number of amides is 1. The second-order valence-corrected chi connectivity index (χ2v) is 7.29. The van der Waals surface area contributed by atoms with E-state index in [-0.39, 0.29) is 23.6 Å². The normalized spacial score (nSPS) is 25.1. The van der Waals surface area contributed by atoms with Crippen molar-refractivity contribution in [3.05, 3.63) is 70.1 Å². The summed E-state index contributed by atoms with van der Waals surface area (Å²) in [5, 5.41) is 3.09. The number of carbonyl (C=O) groups excluding carboxylic acids is 1. The summed E-state index contributed by atoms with van der Waals surface area (Å²) >= 11 is 0. The lowest BCUT2D eigenvalue weighted by molar-refractivity contribution is -0.0502. The van der Waals surface area contributed by atoms with Gasteiger partial charge < -0.3 is 14.6 Å². The molecule has 0 bridgehead atoms. The lowest BCUT2D eigenvalue weighted by Gasteiger charge is -2.35. The fraction of sp³-hybridized carbons (Fsp3) is 0.429. The zero-order valence-corrected chi connectivity index (χ0v) is 15.5. The molecule has 3 atom stereocenters. The van der Waals surface area contributed by atoms with Crippen molar-refractivity contribution in [2.45, 2.75) is 38.1 Å². The van der Waals surface area contributed by atoms with Gasteiger partial charge in [0.2, 0.25) is 0 Å². The maximum atomic E-state index is 12.5. The van der Waals surface area contributed by atoms with Gasteiger partial charge in [0.25, 0.3) is 11.5 Å². The quantitative estimate of drug-likeness (QED) is 0.895. The van der Waals surface area contributed by atoms with E-state index in [1.54, 1.807) is 16.8 Å². The van der Waals surface area contributed by atoms with Gasteiger partial charge in [-0.15, -0.1) is 0 Å². The van der Waals surface area contributed by atoms with Gasteiger partial charge in [0.05, 0.1) is 12.7 Å². The van der Waals surface area contributed by atoms with Crippen molar-refractivity contribution in [1.82, 2.24) is 14.8 Å². The molecule has 0 aliphatic carbocycles. The van der Waals surface area contributed by atoms with E-state index in [2.05, 4.69) is 22.3 Å². The molecule has 2 saturated heterocycles. The summed E-state index contributed by atoms with van der Waals surface area (Å²) in [5.41, 5.74) is 1.47. The molecular formula is C21H25N3O3. The van der Waals surface area contributed by atoms with Crippen LogP contribution in [0, 0.1) is 0 Å². The zero-order valence-electron chi connectivity index (χ0n) is 15.5. The van der Waals surface area contributed by atoms with Crippen molar-refractivity contribution in [2.24, 2.45) is 0 Å². The molecule has 142 valence electrons. The van der Waals surface area contributed by atoms with Crippen LogP contribution in [-0.2, 0) is 11.3 Å². The monoisotopic (exact) mass is 367 g/mol. The Morgan fingerprint density at radius 3 is 2.78 bits per heavy atom. The smallest absolute Gasteiger partial charge is 0.251 e. The summed E-state index contributed by atoms with van der Waals surface area (Å²) in [6.07, 6.45) is 2.63. The average Bonchev–Trinajstić information content (AvgIpc) is 3.10. The third-order valence-electron chi connectivity index (χ3n) is 5.52. The van der Waals surface area contributed by atoms with E-state index in [9.17, 15) is 9.59 Å². The second kappa shape index (κ2) is 7.66. The summed E-state index contributed by atoms with van der Waals surface area (Å²) in [4.78, 5) is 26.9. The van der Waals surface area contributed by atoms with Gasteiger partial charge in [0, 0.05) is 49.5 Å². The molecule has 2 aliphatic heterocycles. The molecule has 6 heteroatoms. The maximum Gasteiger partial charge on any atom is 0.251 e. The zero-order chi connectivity index (χ0) is 18.8. The predicted octanol–water partition coefficient (Wildman–Crippen LogP) is 1.81. The van der Waals surface area contributed by atoms with Crippen molar-refractivity contribution in [3.8, 4) is 0 Å². The number of morpholine rings is 1. The molecule has 3 heterocycles. The van der Waals surface area contributed by atoms with Crippen molar-refractivity contribution < 1.29 is 9.53 Å². The maximum absolute atomic E-state index is 12.5. The third kappa shape index (κ3) is 3.82. The summed E-state index contributed by atoms with van der Waals surface area (Å²) < 4.78 is 7.64. The molecule has 6 nitrogen and oxygen atoms in total. The Morgan fingerprint density at radius 2 is 2.04 bits per heavy atom. The molecule has 1 N–H and O–H groups in total. The number of fused-ring (bicyclic) bond motifs is 1. The lowest BCUT2D eigenvalue weighted by Crippen LogP contribution is -2.43.